The van der Waals surface area contributed by atoms with Crippen molar-refractivity contribution in [2.45, 2.75) is 19.9 Å². The second kappa shape index (κ2) is 7.11. The van der Waals surface area contributed by atoms with E-state index in [-0.39, 0.29) is 12.1 Å². The van der Waals surface area contributed by atoms with Crippen LogP contribution in [0.15, 0.2) is 81.1 Å². The summed E-state index contributed by atoms with van der Waals surface area (Å²) < 4.78 is 8.49. The molecule has 0 unspecified atom stereocenters. The summed E-state index contributed by atoms with van der Waals surface area (Å²) in [5, 5.41) is 5.56. The topological polar surface area (TPSA) is 82.9 Å². The first-order chi connectivity index (χ1) is 14.6. The summed E-state index contributed by atoms with van der Waals surface area (Å²) in [7, 11) is 0. The molecule has 7 heteroatoms. The summed E-state index contributed by atoms with van der Waals surface area (Å²) in [4.78, 5) is 29.6. The van der Waals surface area contributed by atoms with E-state index in [0.717, 1.165) is 23.1 Å². The van der Waals surface area contributed by atoms with Gasteiger partial charge in [-0.25, -0.2) is 14.5 Å². The molecule has 0 aliphatic heterocycles. The standard InChI is InChI=1S/C23H18N4O3/c1-2-15-8-9-18-16(11-21(28)30-20(18)10-15)13-26-14-24-22-19(23(26)29)12-25-27(22)17-6-4-3-5-7-17/h3-12,14H,2,13H2,1H3. The van der Waals surface area contributed by atoms with Crippen LogP contribution in [0.4, 0.5) is 0 Å². The van der Waals surface area contributed by atoms with E-state index in [1.165, 1.54) is 23.2 Å². The van der Waals surface area contributed by atoms with Crippen LogP contribution in [-0.4, -0.2) is 19.3 Å². The van der Waals surface area contributed by atoms with E-state index >= 15 is 0 Å². The minimum atomic E-state index is -0.440. The molecule has 30 heavy (non-hydrogen) atoms. The third-order valence-electron chi connectivity index (χ3n) is 5.20. The fourth-order valence-electron chi connectivity index (χ4n) is 3.63. The van der Waals surface area contributed by atoms with Crippen molar-refractivity contribution in [2.24, 2.45) is 0 Å². The Bertz CT molecular complexity index is 1500. The molecule has 0 N–H and O–H groups in total. The minimum Gasteiger partial charge on any atom is -0.423 e. The summed E-state index contributed by atoms with van der Waals surface area (Å²) in [6, 6.07) is 16.8. The predicted octanol–water partition coefficient (Wildman–Crippen LogP) is 3.30. The van der Waals surface area contributed by atoms with Crippen molar-refractivity contribution >= 4 is 22.0 Å². The third-order valence-corrected chi connectivity index (χ3v) is 5.20. The molecule has 7 nitrogen and oxygen atoms in total. The van der Waals surface area contributed by atoms with Crippen molar-refractivity contribution in [3.63, 3.8) is 0 Å². The SMILES string of the molecule is CCc1ccc2c(Cn3cnc4c(cnn4-c4ccccc4)c3=O)cc(=O)oc2c1. The Morgan fingerprint density at radius 1 is 1.00 bits per heavy atom. The monoisotopic (exact) mass is 398 g/mol. The zero-order chi connectivity index (χ0) is 20.7. The predicted molar refractivity (Wildman–Crippen MR) is 114 cm³/mol. The van der Waals surface area contributed by atoms with Gasteiger partial charge < -0.3 is 4.42 Å². The summed E-state index contributed by atoms with van der Waals surface area (Å²) >= 11 is 0. The molecular formula is C23H18N4O3. The molecule has 2 aromatic carbocycles. The molecule has 3 heterocycles. The van der Waals surface area contributed by atoms with E-state index in [1.807, 2.05) is 55.5 Å². The van der Waals surface area contributed by atoms with Crippen molar-refractivity contribution in [1.29, 1.82) is 0 Å². The zero-order valence-electron chi connectivity index (χ0n) is 16.3. The van der Waals surface area contributed by atoms with Gasteiger partial charge in [-0.2, -0.15) is 5.10 Å². The van der Waals surface area contributed by atoms with Crippen molar-refractivity contribution in [3.8, 4) is 5.69 Å². The van der Waals surface area contributed by atoms with Gasteiger partial charge in [0.15, 0.2) is 5.65 Å². The average Bonchev–Trinajstić information content (AvgIpc) is 3.20. The highest BCUT2D eigenvalue weighted by Gasteiger charge is 2.13. The first-order valence-corrected chi connectivity index (χ1v) is 9.68. The number of rotatable bonds is 4. The lowest BCUT2D eigenvalue weighted by atomic mass is 10.1. The fourth-order valence-corrected chi connectivity index (χ4v) is 3.63. The second-order valence-electron chi connectivity index (χ2n) is 7.08. The normalized spacial score (nSPS) is 11.4. The third kappa shape index (κ3) is 3.00. The molecule has 5 rings (SSSR count). The Balaban J connectivity index is 1.61. The number of hydrogen-bond acceptors (Lipinski definition) is 5. The highest BCUT2D eigenvalue weighted by molar-refractivity contribution is 5.81. The molecule has 0 saturated heterocycles. The molecule has 0 atom stereocenters. The van der Waals surface area contributed by atoms with Crippen LogP contribution in [-0.2, 0) is 13.0 Å². The summed E-state index contributed by atoms with van der Waals surface area (Å²) in [6.45, 7) is 2.26. The van der Waals surface area contributed by atoms with Crippen LogP contribution >= 0.6 is 0 Å². The van der Waals surface area contributed by atoms with Crippen molar-refractivity contribution in [2.75, 3.05) is 0 Å². The fraction of sp³-hybridized carbons (Fsp3) is 0.130. The summed E-state index contributed by atoms with van der Waals surface area (Å²) in [6.07, 6.45) is 3.86. The van der Waals surface area contributed by atoms with E-state index < -0.39 is 5.63 Å². The van der Waals surface area contributed by atoms with E-state index in [1.54, 1.807) is 4.68 Å². The molecular weight excluding hydrogens is 380 g/mol. The van der Waals surface area contributed by atoms with Gasteiger partial charge in [0.1, 0.15) is 17.3 Å². The zero-order valence-corrected chi connectivity index (χ0v) is 16.3. The Hall–Kier alpha value is -4.00. The number of para-hydroxylation sites is 1. The van der Waals surface area contributed by atoms with Crippen molar-refractivity contribution in [1.82, 2.24) is 19.3 Å². The molecule has 5 aromatic rings. The Morgan fingerprint density at radius 3 is 2.63 bits per heavy atom. The minimum absolute atomic E-state index is 0.214. The van der Waals surface area contributed by atoms with Crippen LogP contribution in [0, 0.1) is 0 Å². The van der Waals surface area contributed by atoms with Crippen LogP contribution in [0.1, 0.15) is 18.1 Å². The first-order valence-electron chi connectivity index (χ1n) is 9.68. The van der Waals surface area contributed by atoms with Crippen molar-refractivity contribution in [3.05, 3.63) is 99.0 Å². The van der Waals surface area contributed by atoms with Crippen LogP contribution in [0.5, 0.6) is 0 Å². The molecule has 0 saturated carbocycles. The van der Waals surface area contributed by atoms with Crippen LogP contribution in [0.2, 0.25) is 0 Å². The smallest absolute Gasteiger partial charge is 0.336 e. The highest BCUT2D eigenvalue weighted by atomic mass is 16.4. The summed E-state index contributed by atoms with van der Waals surface area (Å²) in [5.74, 6) is 0. The van der Waals surface area contributed by atoms with Gasteiger partial charge in [-0.3, -0.25) is 9.36 Å². The maximum atomic E-state index is 13.1. The van der Waals surface area contributed by atoms with Gasteiger partial charge in [0.25, 0.3) is 5.56 Å². The Labute approximate surface area is 170 Å². The van der Waals surface area contributed by atoms with Gasteiger partial charge >= 0.3 is 5.63 Å². The first kappa shape index (κ1) is 18.1. The Morgan fingerprint density at radius 2 is 1.83 bits per heavy atom. The van der Waals surface area contributed by atoms with Gasteiger partial charge in [-0.1, -0.05) is 37.3 Å². The molecule has 0 bridgehead atoms. The average molecular weight is 398 g/mol. The van der Waals surface area contributed by atoms with Gasteiger partial charge in [0.2, 0.25) is 0 Å². The van der Waals surface area contributed by atoms with Gasteiger partial charge in [-0.05, 0) is 35.7 Å². The van der Waals surface area contributed by atoms with Gasteiger partial charge in [0, 0.05) is 11.5 Å². The van der Waals surface area contributed by atoms with Crippen molar-refractivity contribution < 1.29 is 4.42 Å². The van der Waals surface area contributed by atoms with Gasteiger partial charge in [0.05, 0.1) is 18.4 Å². The second-order valence-corrected chi connectivity index (χ2v) is 7.08. The molecule has 0 fully saturated rings. The maximum Gasteiger partial charge on any atom is 0.336 e. The lowest BCUT2D eigenvalue weighted by molar-refractivity contribution is 0.557. The van der Waals surface area contributed by atoms with Gasteiger partial charge in [-0.15, -0.1) is 0 Å². The van der Waals surface area contributed by atoms with E-state index in [2.05, 4.69) is 10.1 Å². The van der Waals surface area contributed by atoms with E-state index in [4.69, 9.17) is 4.42 Å². The number of fused-ring (bicyclic) bond motifs is 2. The maximum absolute atomic E-state index is 13.1. The highest BCUT2D eigenvalue weighted by Crippen LogP contribution is 2.20. The number of nitrogens with zero attached hydrogens (tertiary/aromatic N) is 4. The number of benzene rings is 2. The molecule has 0 spiro atoms. The van der Waals surface area contributed by atoms with Crippen LogP contribution in [0.3, 0.4) is 0 Å². The molecule has 0 aliphatic rings. The number of aromatic nitrogens is 4. The molecule has 148 valence electrons. The molecule has 0 radical (unpaired) electrons. The molecule has 3 aromatic heterocycles. The van der Waals surface area contributed by atoms with E-state index in [9.17, 15) is 9.59 Å². The quantitative estimate of drug-likeness (QED) is 0.434. The number of aryl methyl sites for hydroxylation is 1. The van der Waals surface area contributed by atoms with Crippen LogP contribution in [0.25, 0.3) is 27.7 Å². The lowest BCUT2D eigenvalue weighted by Crippen LogP contribution is -2.21. The largest absolute Gasteiger partial charge is 0.423 e. The molecule has 0 amide bonds. The molecule has 0 aliphatic carbocycles. The Kier molecular flexibility index (Phi) is 4.28. The van der Waals surface area contributed by atoms with E-state index in [0.29, 0.717) is 22.2 Å². The van der Waals surface area contributed by atoms with Crippen LogP contribution < -0.4 is 11.2 Å². The number of hydrogen-bond donors (Lipinski definition) is 0. The summed E-state index contributed by atoms with van der Waals surface area (Å²) in [5.41, 5.74) is 2.98. The lowest BCUT2D eigenvalue weighted by Gasteiger charge is -2.09.